The Hall–Kier alpha value is -1.11. The smallest absolute Gasteiger partial charge is 0.144 e. The highest BCUT2D eigenvalue weighted by Crippen LogP contribution is 2.39. The summed E-state index contributed by atoms with van der Waals surface area (Å²) in [6.45, 7) is 3.12. The summed E-state index contributed by atoms with van der Waals surface area (Å²) in [6.07, 6.45) is 1.88. The predicted octanol–water partition coefficient (Wildman–Crippen LogP) is 5.92. The lowest BCUT2D eigenvalue weighted by Gasteiger charge is -2.33. The van der Waals surface area contributed by atoms with Crippen LogP contribution in [0.4, 0.5) is 0 Å². The fourth-order valence-electron chi connectivity index (χ4n) is 2.93. The Kier molecular flexibility index (Phi) is 5.56. The molecule has 2 aromatic carbocycles. The molecule has 1 aromatic heterocycles. The van der Waals surface area contributed by atoms with Gasteiger partial charge >= 0.3 is 0 Å². The molecule has 4 heteroatoms. The standard InChI is InChI=1S/C19H20INOS/c1-2-19(12-13-21-20,18-11-6-14-23-18)22-17-10-5-8-15-7-3-4-9-16(15)17/h3-11,14,21H,2,12-13H2,1H3/t19-/m1/s1. The van der Waals surface area contributed by atoms with Crippen LogP contribution in [0, 0.1) is 0 Å². The zero-order valence-electron chi connectivity index (χ0n) is 13.1. The summed E-state index contributed by atoms with van der Waals surface area (Å²) in [4.78, 5) is 1.29. The normalized spacial score (nSPS) is 13.8. The van der Waals surface area contributed by atoms with Crippen molar-refractivity contribution in [3.05, 3.63) is 64.9 Å². The van der Waals surface area contributed by atoms with Crippen LogP contribution in [0.15, 0.2) is 60.0 Å². The second-order valence-corrected chi connectivity index (χ2v) is 7.25. The predicted molar refractivity (Wildman–Crippen MR) is 108 cm³/mol. The van der Waals surface area contributed by atoms with Crippen molar-refractivity contribution in [2.45, 2.75) is 25.4 Å². The monoisotopic (exact) mass is 437 g/mol. The van der Waals surface area contributed by atoms with Gasteiger partial charge in [0.1, 0.15) is 11.4 Å². The summed E-state index contributed by atoms with van der Waals surface area (Å²) in [5.41, 5.74) is -0.281. The summed E-state index contributed by atoms with van der Waals surface area (Å²) in [7, 11) is 0. The minimum absolute atomic E-state index is 0.281. The highest BCUT2D eigenvalue weighted by Gasteiger charge is 2.33. The van der Waals surface area contributed by atoms with Gasteiger partial charge in [0.15, 0.2) is 0 Å². The number of nitrogens with one attached hydrogen (secondary N) is 1. The third kappa shape index (κ3) is 3.54. The molecular weight excluding hydrogens is 417 g/mol. The lowest BCUT2D eigenvalue weighted by Crippen LogP contribution is -2.34. The summed E-state index contributed by atoms with van der Waals surface area (Å²) >= 11 is 3.98. The van der Waals surface area contributed by atoms with Gasteiger partial charge in [-0.25, -0.2) is 0 Å². The van der Waals surface area contributed by atoms with Crippen LogP contribution in [-0.2, 0) is 5.60 Å². The molecule has 0 aliphatic rings. The molecule has 0 spiro atoms. The number of halogens is 1. The van der Waals surface area contributed by atoms with Gasteiger partial charge in [-0.3, -0.25) is 3.53 Å². The van der Waals surface area contributed by atoms with Crippen LogP contribution in [-0.4, -0.2) is 6.54 Å². The maximum atomic E-state index is 6.68. The van der Waals surface area contributed by atoms with Crippen molar-refractivity contribution in [2.75, 3.05) is 6.54 Å². The second kappa shape index (κ2) is 7.64. The van der Waals surface area contributed by atoms with Crippen LogP contribution in [0.1, 0.15) is 24.6 Å². The molecule has 3 aromatic rings. The van der Waals surface area contributed by atoms with Gasteiger partial charge in [-0.05, 0) is 29.3 Å². The van der Waals surface area contributed by atoms with E-state index in [1.54, 1.807) is 11.3 Å². The van der Waals surface area contributed by atoms with E-state index in [1.807, 2.05) is 0 Å². The molecule has 0 amide bonds. The van der Waals surface area contributed by atoms with Crippen LogP contribution in [0.25, 0.3) is 10.8 Å². The molecule has 0 aliphatic heterocycles. The van der Waals surface area contributed by atoms with E-state index in [0.717, 1.165) is 25.1 Å². The number of ether oxygens (including phenoxy) is 1. The van der Waals surface area contributed by atoms with Gasteiger partial charge in [-0.2, -0.15) is 0 Å². The van der Waals surface area contributed by atoms with E-state index in [4.69, 9.17) is 4.74 Å². The van der Waals surface area contributed by atoms with E-state index in [9.17, 15) is 0 Å². The molecule has 120 valence electrons. The fraction of sp³-hybridized carbons (Fsp3) is 0.263. The maximum Gasteiger partial charge on any atom is 0.144 e. The van der Waals surface area contributed by atoms with Crippen molar-refractivity contribution >= 4 is 45.0 Å². The molecule has 0 saturated heterocycles. The minimum atomic E-state index is -0.281. The van der Waals surface area contributed by atoms with Gasteiger partial charge in [0.2, 0.25) is 0 Å². The topological polar surface area (TPSA) is 21.3 Å². The lowest BCUT2D eigenvalue weighted by molar-refractivity contribution is 0.0596. The quantitative estimate of drug-likeness (QED) is 0.366. The number of benzene rings is 2. The zero-order valence-corrected chi connectivity index (χ0v) is 16.1. The van der Waals surface area contributed by atoms with E-state index >= 15 is 0 Å². The average Bonchev–Trinajstić information content (AvgIpc) is 3.14. The highest BCUT2D eigenvalue weighted by atomic mass is 127. The molecule has 2 nitrogen and oxygen atoms in total. The molecule has 3 rings (SSSR count). The third-order valence-corrected chi connectivity index (χ3v) is 5.81. The van der Waals surface area contributed by atoms with Gasteiger partial charge in [0.05, 0.1) is 0 Å². The van der Waals surface area contributed by atoms with Gasteiger partial charge < -0.3 is 4.74 Å². The van der Waals surface area contributed by atoms with Crippen LogP contribution >= 0.6 is 34.2 Å². The Labute approximate surface area is 155 Å². The van der Waals surface area contributed by atoms with Crippen molar-refractivity contribution < 1.29 is 4.74 Å². The second-order valence-electron chi connectivity index (χ2n) is 5.54. The minimum Gasteiger partial charge on any atom is -0.481 e. The number of fused-ring (bicyclic) bond motifs is 1. The van der Waals surface area contributed by atoms with Gasteiger partial charge in [-0.15, -0.1) is 11.3 Å². The van der Waals surface area contributed by atoms with Gasteiger partial charge in [0.25, 0.3) is 0 Å². The van der Waals surface area contributed by atoms with E-state index in [1.165, 1.54) is 15.6 Å². The van der Waals surface area contributed by atoms with E-state index in [0.29, 0.717) is 0 Å². The first-order chi connectivity index (χ1) is 11.3. The Morgan fingerprint density at radius 3 is 2.65 bits per heavy atom. The van der Waals surface area contributed by atoms with Crippen molar-refractivity contribution in [1.82, 2.24) is 3.53 Å². The number of rotatable bonds is 7. The van der Waals surface area contributed by atoms with Crippen molar-refractivity contribution in [3.63, 3.8) is 0 Å². The van der Waals surface area contributed by atoms with E-state index < -0.39 is 0 Å². The van der Waals surface area contributed by atoms with Gasteiger partial charge in [0, 0.05) is 46.1 Å². The number of hydrogen-bond acceptors (Lipinski definition) is 3. The Morgan fingerprint density at radius 1 is 1.09 bits per heavy atom. The van der Waals surface area contributed by atoms with Crippen molar-refractivity contribution in [2.24, 2.45) is 0 Å². The highest BCUT2D eigenvalue weighted by molar-refractivity contribution is 14.1. The van der Waals surface area contributed by atoms with Crippen molar-refractivity contribution in [1.29, 1.82) is 0 Å². The molecule has 0 fully saturated rings. The molecule has 1 atom stereocenters. The molecule has 1 heterocycles. The third-order valence-electron chi connectivity index (χ3n) is 4.22. The first-order valence-corrected chi connectivity index (χ1v) is 9.79. The average molecular weight is 437 g/mol. The van der Waals surface area contributed by atoms with Crippen LogP contribution in [0.5, 0.6) is 5.75 Å². The Balaban J connectivity index is 2.03. The largest absolute Gasteiger partial charge is 0.481 e. The summed E-state index contributed by atoms with van der Waals surface area (Å²) < 4.78 is 9.91. The van der Waals surface area contributed by atoms with E-state index in [-0.39, 0.29) is 5.60 Å². The molecule has 0 aliphatic carbocycles. The molecule has 0 radical (unpaired) electrons. The molecule has 0 bridgehead atoms. The lowest BCUT2D eigenvalue weighted by atomic mass is 9.93. The summed E-state index contributed by atoms with van der Waals surface area (Å²) in [5.74, 6) is 0.965. The first-order valence-electron chi connectivity index (χ1n) is 7.83. The Morgan fingerprint density at radius 2 is 1.91 bits per heavy atom. The number of thiophene rings is 1. The molecule has 0 saturated carbocycles. The molecule has 1 N–H and O–H groups in total. The number of hydrogen-bond donors (Lipinski definition) is 1. The maximum absolute atomic E-state index is 6.68. The van der Waals surface area contributed by atoms with Crippen molar-refractivity contribution in [3.8, 4) is 5.75 Å². The van der Waals surface area contributed by atoms with Crippen LogP contribution < -0.4 is 8.27 Å². The molecular formula is C19H20INOS. The fourth-order valence-corrected chi connectivity index (χ4v) is 4.16. The Bertz CT molecular complexity index is 754. The SMILES string of the molecule is CC[C@](CCNI)(Oc1cccc2ccccc12)c1cccs1. The van der Waals surface area contributed by atoms with Gasteiger partial charge in [-0.1, -0.05) is 49.4 Å². The van der Waals surface area contributed by atoms with E-state index in [2.05, 4.69) is 93.3 Å². The summed E-state index contributed by atoms with van der Waals surface area (Å²) in [5, 5.41) is 4.52. The molecule has 23 heavy (non-hydrogen) atoms. The first kappa shape index (κ1) is 16.7. The van der Waals surface area contributed by atoms with Crippen LogP contribution in [0.2, 0.25) is 0 Å². The van der Waals surface area contributed by atoms with Crippen LogP contribution in [0.3, 0.4) is 0 Å². The molecule has 0 unspecified atom stereocenters. The zero-order chi connectivity index (χ0) is 16.1. The summed E-state index contributed by atoms with van der Waals surface area (Å²) in [6, 6.07) is 19.0.